The van der Waals surface area contributed by atoms with Crippen LogP contribution >= 0.6 is 27.3 Å². The average Bonchev–Trinajstić information content (AvgIpc) is 2.89. The van der Waals surface area contributed by atoms with Crippen LogP contribution in [-0.4, -0.2) is 18.6 Å². The smallest absolute Gasteiger partial charge is 0.175 e. The quantitative estimate of drug-likeness (QED) is 0.802. The van der Waals surface area contributed by atoms with Crippen molar-refractivity contribution in [1.29, 1.82) is 0 Å². The molecular weight excluding hydrogens is 352 g/mol. The zero-order valence-electron chi connectivity index (χ0n) is 12.4. The van der Waals surface area contributed by atoms with Gasteiger partial charge in [0.15, 0.2) is 11.5 Å². The van der Waals surface area contributed by atoms with Crippen molar-refractivity contribution >= 4 is 27.3 Å². The number of rotatable bonds is 7. The van der Waals surface area contributed by atoms with Gasteiger partial charge in [0.25, 0.3) is 0 Å². The van der Waals surface area contributed by atoms with Gasteiger partial charge in [-0.25, -0.2) is 4.98 Å². The fraction of sp³-hybridized carbons (Fsp3) is 0.400. The zero-order valence-corrected chi connectivity index (χ0v) is 14.8. The maximum atomic E-state index is 5.87. The highest BCUT2D eigenvalue weighted by Gasteiger charge is 2.12. The molecule has 0 radical (unpaired) electrons. The van der Waals surface area contributed by atoms with Gasteiger partial charge in [0, 0.05) is 17.6 Å². The topological polar surface area (TPSA) is 43.4 Å². The molecule has 0 amide bonds. The molecule has 114 valence electrons. The molecule has 0 aliphatic heterocycles. The summed E-state index contributed by atoms with van der Waals surface area (Å²) in [5.74, 6) is 1.44. The van der Waals surface area contributed by atoms with Crippen molar-refractivity contribution in [2.75, 3.05) is 13.7 Å². The lowest BCUT2D eigenvalue weighted by molar-refractivity contribution is 0.281. The third-order valence-corrected chi connectivity index (χ3v) is 4.40. The van der Waals surface area contributed by atoms with Gasteiger partial charge in [-0.2, -0.15) is 0 Å². The van der Waals surface area contributed by atoms with E-state index in [1.165, 1.54) is 0 Å². The summed E-state index contributed by atoms with van der Waals surface area (Å²) in [5, 5.41) is 6.27. The fourth-order valence-corrected chi connectivity index (χ4v) is 3.17. The number of benzene rings is 1. The molecule has 0 aliphatic rings. The Bertz CT molecular complexity index is 601. The maximum absolute atomic E-state index is 5.87. The number of halogens is 1. The number of hydrogen-bond acceptors (Lipinski definition) is 5. The maximum Gasteiger partial charge on any atom is 0.175 e. The third-order valence-electron chi connectivity index (χ3n) is 2.87. The Hall–Kier alpha value is -1.11. The average molecular weight is 371 g/mol. The van der Waals surface area contributed by atoms with E-state index in [-0.39, 0.29) is 0 Å². The lowest BCUT2D eigenvalue weighted by Gasteiger charge is -2.14. The summed E-state index contributed by atoms with van der Waals surface area (Å²) in [6, 6.07) is 4.05. The van der Waals surface area contributed by atoms with Gasteiger partial charge in [0.1, 0.15) is 11.6 Å². The summed E-state index contributed by atoms with van der Waals surface area (Å²) in [5.41, 5.74) is 2.17. The Balaban J connectivity index is 2.14. The van der Waals surface area contributed by atoms with Crippen LogP contribution in [0, 0.1) is 6.92 Å². The van der Waals surface area contributed by atoms with Crippen LogP contribution in [0.1, 0.15) is 23.2 Å². The molecule has 21 heavy (non-hydrogen) atoms. The zero-order chi connectivity index (χ0) is 15.2. The van der Waals surface area contributed by atoms with Crippen molar-refractivity contribution in [2.45, 2.75) is 27.0 Å². The second-order valence-corrected chi connectivity index (χ2v) is 6.36. The number of nitrogens with zero attached hydrogens (tertiary/aromatic N) is 1. The second kappa shape index (κ2) is 7.77. The summed E-state index contributed by atoms with van der Waals surface area (Å²) >= 11 is 5.16. The van der Waals surface area contributed by atoms with Crippen molar-refractivity contribution in [2.24, 2.45) is 0 Å². The van der Waals surface area contributed by atoms with Gasteiger partial charge in [0.05, 0.1) is 11.6 Å². The predicted octanol–water partition coefficient (Wildman–Crippen LogP) is 3.91. The highest BCUT2D eigenvalue weighted by molar-refractivity contribution is 9.10. The van der Waals surface area contributed by atoms with E-state index in [0.717, 1.165) is 39.6 Å². The molecule has 0 aliphatic carbocycles. The summed E-state index contributed by atoms with van der Waals surface area (Å²) in [6.07, 6.45) is 0. The first-order chi connectivity index (χ1) is 10.1. The Labute approximate surface area is 137 Å². The predicted molar refractivity (Wildman–Crippen MR) is 89.3 cm³/mol. The van der Waals surface area contributed by atoms with Crippen LogP contribution < -0.4 is 14.8 Å². The number of nitrogens with one attached hydrogen (secondary N) is 1. The Morgan fingerprint density at radius 2 is 2.19 bits per heavy atom. The molecule has 0 saturated heterocycles. The van der Waals surface area contributed by atoms with Crippen LogP contribution in [0.5, 0.6) is 11.5 Å². The first kappa shape index (κ1) is 16.3. The molecule has 1 N–H and O–H groups in total. The molecule has 6 heteroatoms. The van der Waals surface area contributed by atoms with E-state index < -0.39 is 0 Å². The number of aromatic nitrogens is 1. The molecular formula is C15H19BrN2O2S. The first-order valence-corrected chi connectivity index (χ1v) is 8.42. The largest absolute Gasteiger partial charge is 0.493 e. The minimum atomic E-state index is 0.444. The summed E-state index contributed by atoms with van der Waals surface area (Å²) in [4.78, 5) is 4.40. The van der Waals surface area contributed by atoms with E-state index >= 15 is 0 Å². The monoisotopic (exact) mass is 370 g/mol. The van der Waals surface area contributed by atoms with E-state index in [4.69, 9.17) is 9.47 Å². The summed E-state index contributed by atoms with van der Waals surface area (Å²) < 4.78 is 12.2. The molecule has 2 aromatic rings. The van der Waals surface area contributed by atoms with E-state index in [9.17, 15) is 0 Å². The highest BCUT2D eigenvalue weighted by atomic mass is 79.9. The number of ether oxygens (including phenoxy) is 2. The number of thiazole rings is 1. The van der Waals surface area contributed by atoms with Crippen LogP contribution in [0.3, 0.4) is 0 Å². The van der Waals surface area contributed by atoms with Gasteiger partial charge in [-0.05, 0) is 47.1 Å². The Morgan fingerprint density at radius 3 is 2.81 bits per heavy atom. The number of hydrogen-bond donors (Lipinski definition) is 1. The van der Waals surface area contributed by atoms with E-state index in [1.54, 1.807) is 18.4 Å². The van der Waals surface area contributed by atoms with Gasteiger partial charge in [-0.15, -0.1) is 11.3 Å². The molecule has 0 saturated carbocycles. The van der Waals surface area contributed by atoms with Crippen LogP contribution in [0.15, 0.2) is 22.0 Å². The summed E-state index contributed by atoms with van der Waals surface area (Å²) in [7, 11) is 1.65. The van der Waals surface area contributed by atoms with Gasteiger partial charge < -0.3 is 14.8 Å². The molecule has 2 rings (SSSR count). The van der Waals surface area contributed by atoms with E-state index in [1.807, 2.05) is 24.4 Å². The van der Waals surface area contributed by atoms with Crippen LogP contribution in [0.2, 0.25) is 0 Å². The molecule has 1 heterocycles. The molecule has 4 nitrogen and oxygen atoms in total. The number of aryl methyl sites for hydroxylation is 1. The van der Waals surface area contributed by atoms with Crippen molar-refractivity contribution in [3.05, 3.63) is 38.3 Å². The standard InChI is InChI=1S/C15H19BrN2O2S/c1-4-17-7-11-5-12(16)15(13(6-11)19-3)20-8-14-18-10(2)9-21-14/h5-6,9,17H,4,7-8H2,1-3H3. The van der Waals surface area contributed by atoms with Gasteiger partial charge in [-0.3, -0.25) is 0 Å². The Morgan fingerprint density at radius 1 is 1.38 bits per heavy atom. The lowest BCUT2D eigenvalue weighted by atomic mass is 10.2. The number of methoxy groups -OCH3 is 1. The van der Waals surface area contributed by atoms with Gasteiger partial charge >= 0.3 is 0 Å². The van der Waals surface area contributed by atoms with Crippen LogP contribution in [0.4, 0.5) is 0 Å². The Kier molecular flexibility index (Phi) is 6.02. The minimum Gasteiger partial charge on any atom is -0.493 e. The van der Waals surface area contributed by atoms with Crippen molar-refractivity contribution in [3.63, 3.8) is 0 Å². The third kappa shape index (κ3) is 4.43. The van der Waals surface area contributed by atoms with E-state index in [0.29, 0.717) is 12.4 Å². The molecule has 1 aromatic heterocycles. The van der Waals surface area contributed by atoms with Crippen LogP contribution in [-0.2, 0) is 13.2 Å². The van der Waals surface area contributed by atoms with Gasteiger partial charge in [0.2, 0.25) is 0 Å². The molecule has 0 unspecified atom stereocenters. The normalized spacial score (nSPS) is 10.7. The summed E-state index contributed by atoms with van der Waals surface area (Å²) in [6.45, 7) is 6.24. The van der Waals surface area contributed by atoms with Gasteiger partial charge in [-0.1, -0.05) is 6.92 Å². The van der Waals surface area contributed by atoms with Crippen molar-refractivity contribution in [1.82, 2.24) is 10.3 Å². The fourth-order valence-electron chi connectivity index (χ4n) is 1.89. The molecule has 0 spiro atoms. The minimum absolute atomic E-state index is 0.444. The second-order valence-electron chi connectivity index (χ2n) is 4.56. The lowest BCUT2D eigenvalue weighted by Crippen LogP contribution is -2.12. The molecule has 1 aromatic carbocycles. The molecule has 0 atom stereocenters. The first-order valence-electron chi connectivity index (χ1n) is 6.75. The molecule has 0 fully saturated rings. The van der Waals surface area contributed by atoms with Crippen molar-refractivity contribution in [3.8, 4) is 11.5 Å². The van der Waals surface area contributed by atoms with Crippen molar-refractivity contribution < 1.29 is 9.47 Å². The molecule has 0 bridgehead atoms. The SMILES string of the molecule is CCNCc1cc(Br)c(OCc2nc(C)cs2)c(OC)c1. The van der Waals surface area contributed by atoms with E-state index in [2.05, 4.69) is 33.2 Å². The highest BCUT2D eigenvalue weighted by Crippen LogP contribution is 2.37. The van der Waals surface area contributed by atoms with Crippen LogP contribution in [0.25, 0.3) is 0 Å².